The van der Waals surface area contributed by atoms with E-state index in [1.807, 2.05) is 41.3 Å². The van der Waals surface area contributed by atoms with Gasteiger partial charge < -0.3 is 0 Å². The van der Waals surface area contributed by atoms with Gasteiger partial charge in [0.15, 0.2) is 0 Å². The minimum Gasteiger partial charge on any atom is -0.252 e. The van der Waals surface area contributed by atoms with Crippen LogP contribution < -0.4 is 0 Å². The van der Waals surface area contributed by atoms with E-state index in [2.05, 4.69) is 34.5 Å². The van der Waals surface area contributed by atoms with Crippen LogP contribution in [0.2, 0.25) is 0 Å². The minimum atomic E-state index is 0.856. The molecule has 1 aliphatic carbocycles. The number of hydrogen-bond donors (Lipinski definition) is 0. The normalized spacial score (nSPS) is 13.8. The number of aryl methyl sites for hydroxylation is 1. The lowest BCUT2D eigenvalue weighted by atomic mass is 9.90. The summed E-state index contributed by atoms with van der Waals surface area (Å²) in [7, 11) is 0. The third kappa shape index (κ3) is 2.50. The van der Waals surface area contributed by atoms with Crippen molar-refractivity contribution in [3.8, 4) is 16.9 Å². The maximum Gasteiger partial charge on any atom is 0.0924 e. The standard InChI is InChI=1S/C21H18N4/c1-2-8-17-15(6-1)7-5-11-21(17)25-14-16(12-23-25)20-13-22-18-9-3-4-10-19(18)24-20/h3-5,7,9-14H,1-2,6,8H2. The Hall–Kier alpha value is -3.01. The Kier molecular flexibility index (Phi) is 3.33. The predicted molar refractivity (Wildman–Crippen MR) is 98.7 cm³/mol. The molecular weight excluding hydrogens is 308 g/mol. The molecule has 4 aromatic rings. The monoisotopic (exact) mass is 326 g/mol. The molecule has 0 saturated carbocycles. The summed E-state index contributed by atoms with van der Waals surface area (Å²) in [5, 5.41) is 4.60. The van der Waals surface area contributed by atoms with Crippen molar-refractivity contribution < 1.29 is 0 Å². The van der Waals surface area contributed by atoms with E-state index in [-0.39, 0.29) is 0 Å². The van der Waals surface area contributed by atoms with Crippen molar-refractivity contribution in [1.29, 1.82) is 0 Å². The highest BCUT2D eigenvalue weighted by molar-refractivity contribution is 5.76. The van der Waals surface area contributed by atoms with Gasteiger partial charge in [-0.25, -0.2) is 9.67 Å². The average molecular weight is 326 g/mol. The highest BCUT2D eigenvalue weighted by atomic mass is 15.3. The lowest BCUT2D eigenvalue weighted by Gasteiger charge is -2.19. The van der Waals surface area contributed by atoms with Gasteiger partial charge in [-0.15, -0.1) is 0 Å². The molecule has 25 heavy (non-hydrogen) atoms. The van der Waals surface area contributed by atoms with E-state index in [4.69, 9.17) is 4.98 Å². The van der Waals surface area contributed by atoms with Gasteiger partial charge in [0, 0.05) is 11.8 Å². The molecule has 5 rings (SSSR count). The van der Waals surface area contributed by atoms with Crippen molar-refractivity contribution in [3.05, 3.63) is 72.2 Å². The van der Waals surface area contributed by atoms with Crippen LogP contribution in [0.5, 0.6) is 0 Å². The molecule has 4 nitrogen and oxygen atoms in total. The summed E-state index contributed by atoms with van der Waals surface area (Å²) in [4.78, 5) is 9.23. The molecule has 0 bridgehead atoms. The summed E-state index contributed by atoms with van der Waals surface area (Å²) in [6, 6.07) is 14.5. The Balaban J connectivity index is 1.57. The third-order valence-corrected chi connectivity index (χ3v) is 4.94. The summed E-state index contributed by atoms with van der Waals surface area (Å²) in [5.41, 5.74) is 7.76. The molecule has 0 aliphatic heterocycles. The molecule has 0 spiro atoms. The smallest absolute Gasteiger partial charge is 0.0924 e. The van der Waals surface area contributed by atoms with Crippen LogP contribution in [0.4, 0.5) is 0 Å². The fraction of sp³-hybridized carbons (Fsp3) is 0.190. The average Bonchev–Trinajstić information content (AvgIpc) is 3.17. The molecular formula is C21H18N4. The Bertz CT molecular complexity index is 1060. The van der Waals surface area contributed by atoms with Crippen molar-refractivity contribution in [2.45, 2.75) is 25.7 Å². The van der Waals surface area contributed by atoms with Gasteiger partial charge in [0.05, 0.1) is 34.8 Å². The fourth-order valence-electron chi connectivity index (χ4n) is 3.66. The summed E-state index contributed by atoms with van der Waals surface area (Å²) in [6.07, 6.45) is 10.6. The molecule has 0 radical (unpaired) electrons. The van der Waals surface area contributed by atoms with Crippen LogP contribution >= 0.6 is 0 Å². The van der Waals surface area contributed by atoms with Crippen LogP contribution in [0, 0.1) is 0 Å². The maximum atomic E-state index is 4.72. The van der Waals surface area contributed by atoms with E-state index in [0.717, 1.165) is 28.7 Å². The van der Waals surface area contributed by atoms with Gasteiger partial charge in [-0.05, 0) is 55.0 Å². The SMILES string of the molecule is c1cc2c(c(-n3cc(-c4cnc5ccccc5n4)cn3)c1)CCCC2. The third-order valence-electron chi connectivity index (χ3n) is 4.94. The van der Waals surface area contributed by atoms with Crippen LogP contribution in [-0.4, -0.2) is 19.7 Å². The maximum absolute atomic E-state index is 4.72. The molecule has 122 valence electrons. The van der Waals surface area contributed by atoms with E-state index in [1.54, 1.807) is 0 Å². The van der Waals surface area contributed by atoms with Gasteiger partial charge in [0.2, 0.25) is 0 Å². The van der Waals surface area contributed by atoms with E-state index in [0.29, 0.717) is 0 Å². The van der Waals surface area contributed by atoms with Crippen LogP contribution in [-0.2, 0) is 12.8 Å². The first-order valence-corrected chi connectivity index (χ1v) is 8.76. The number of rotatable bonds is 2. The van der Waals surface area contributed by atoms with Crippen LogP contribution in [0.15, 0.2) is 61.1 Å². The molecule has 2 aromatic carbocycles. The summed E-state index contributed by atoms with van der Waals surface area (Å²) < 4.78 is 1.98. The zero-order valence-corrected chi connectivity index (χ0v) is 13.9. The number of fused-ring (bicyclic) bond motifs is 2. The molecule has 0 unspecified atom stereocenters. The molecule has 4 heteroatoms. The topological polar surface area (TPSA) is 43.6 Å². The van der Waals surface area contributed by atoms with Gasteiger partial charge in [-0.2, -0.15) is 5.10 Å². The Morgan fingerprint density at radius 3 is 2.68 bits per heavy atom. The summed E-state index contributed by atoms with van der Waals surface area (Å²) in [5.74, 6) is 0. The van der Waals surface area contributed by atoms with Crippen molar-refractivity contribution in [3.63, 3.8) is 0 Å². The van der Waals surface area contributed by atoms with E-state index >= 15 is 0 Å². The Labute approximate surface area is 146 Å². The first kappa shape index (κ1) is 14.3. The highest BCUT2D eigenvalue weighted by Crippen LogP contribution is 2.28. The minimum absolute atomic E-state index is 0.856. The predicted octanol–water partition coefficient (Wildman–Crippen LogP) is 4.36. The van der Waals surface area contributed by atoms with Gasteiger partial charge in [-0.1, -0.05) is 24.3 Å². The highest BCUT2D eigenvalue weighted by Gasteiger charge is 2.15. The van der Waals surface area contributed by atoms with Crippen molar-refractivity contribution in [2.75, 3.05) is 0 Å². The number of aromatic nitrogens is 4. The van der Waals surface area contributed by atoms with E-state index in [9.17, 15) is 0 Å². The Morgan fingerprint density at radius 1 is 0.840 bits per heavy atom. The first-order chi connectivity index (χ1) is 12.4. The fourth-order valence-corrected chi connectivity index (χ4v) is 3.66. The van der Waals surface area contributed by atoms with Crippen molar-refractivity contribution in [1.82, 2.24) is 19.7 Å². The lowest BCUT2D eigenvalue weighted by Crippen LogP contribution is -2.08. The second kappa shape index (κ2) is 5.81. The zero-order valence-electron chi connectivity index (χ0n) is 13.9. The Morgan fingerprint density at radius 2 is 1.72 bits per heavy atom. The van der Waals surface area contributed by atoms with Crippen molar-refractivity contribution in [2.24, 2.45) is 0 Å². The van der Waals surface area contributed by atoms with E-state index < -0.39 is 0 Å². The molecule has 0 fully saturated rings. The lowest BCUT2D eigenvalue weighted by molar-refractivity contribution is 0.677. The van der Waals surface area contributed by atoms with Gasteiger partial charge >= 0.3 is 0 Å². The number of para-hydroxylation sites is 2. The van der Waals surface area contributed by atoms with Gasteiger partial charge in [-0.3, -0.25) is 4.98 Å². The first-order valence-electron chi connectivity index (χ1n) is 8.76. The quantitative estimate of drug-likeness (QED) is 0.550. The molecule has 1 aliphatic rings. The van der Waals surface area contributed by atoms with Crippen molar-refractivity contribution >= 4 is 11.0 Å². The molecule has 0 N–H and O–H groups in total. The summed E-state index contributed by atoms with van der Waals surface area (Å²) in [6.45, 7) is 0. The number of nitrogens with zero attached hydrogens (tertiary/aromatic N) is 4. The molecule has 2 heterocycles. The molecule has 0 amide bonds. The van der Waals surface area contributed by atoms with Crippen LogP contribution in [0.3, 0.4) is 0 Å². The number of hydrogen-bond acceptors (Lipinski definition) is 3. The van der Waals surface area contributed by atoms with Crippen LogP contribution in [0.25, 0.3) is 28.0 Å². The summed E-state index contributed by atoms with van der Waals surface area (Å²) >= 11 is 0. The molecule has 0 atom stereocenters. The second-order valence-electron chi connectivity index (χ2n) is 6.54. The largest absolute Gasteiger partial charge is 0.252 e. The van der Waals surface area contributed by atoms with E-state index in [1.165, 1.54) is 36.1 Å². The van der Waals surface area contributed by atoms with Gasteiger partial charge in [0.25, 0.3) is 0 Å². The molecule has 0 saturated heterocycles. The van der Waals surface area contributed by atoms with Gasteiger partial charge in [0.1, 0.15) is 0 Å². The zero-order chi connectivity index (χ0) is 16.6. The number of benzene rings is 2. The second-order valence-corrected chi connectivity index (χ2v) is 6.54. The van der Waals surface area contributed by atoms with Crippen LogP contribution in [0.1, 0.15) is 24.0 Å². The molecule has 2 aromatic heterocycles.